The molecule has 1 unspecified atom stereocenters. The van der Waals surface area contributed by atoms with Crippen molar-refractivity contribution in [2.24, 2.45) is 0 Å². The van der Waals surface area contributed by atoms with Gasteiger partial charge in [0, 0.05) is 36.9 Å². The highest BCUT2D eigenvalue weighted by Gasteiger charge is 2.20. The van der Waals surface area contributed by atoms with Crippen LogP contribution in [0.15, 0.2) is 85.3 Å². The van der Waals surface area contributed by atoms with Gasteiger partial charge in [-0.1, -0.05) is 29.5 Å². The molecule has 40 heavy (non-hydrogen) atoms. The van der Waals surface area contributed by atoms with Gasteiger partial charge in [0.05, 0.1) is 34.7 Å². The molecule has 0 N–H and O–H groups in total. The zero-order chi connectivity index (χ0) is 28.4. The summed E-state index contributed by atoms with van der Waals surface area (Å²) in [5.74, 6) is -0.0347. The molecule has 1 amide bonds. The lowest BCUT2D eigenvalue weighted by molar-refractivity contribution is 0.0742. The number of nitrogens with zero attached hydrogens (tertiary/aromatic N) is 7. The fourth-order valence-corrected chi connectivity index (χ4v) is 5.08. The van der Waals surface area contributed by atoms with Gasteiger partial charge in [-0.15, -0.1) is 5.10 Å². The minimum absolute atomic E-state index is 0.0347. The first-order valence-electron chi connectivity index (χ1n) is 13.8. The van der Waals surface area contributed by atoms with Gasteiger partial charge in [-0.05, 0) is 88.7 Å². The molecule has 0 spiro atoms. The third-order valence-corrected chi connectivity index (χ3v) is 7.60. The Morgan fingerprint density at radius 3 is 2.17 bits per heavy atom. The number of para-hydroxylation sites is 2. The summed E-state index contributed by atoms with van der Waals surface area (Å²) in [7, 11) is 1.84. The van der Waals surface area contributed by atoms with Crippen molar-refractivity contribution in [3.05, 3.63) is 102 Å². The van der Waals surface area contributed by atoms with Crippen molar-refractivity contribution in [2.75, 3.05) is 7.05 Å². The van der Waals surface area contributed by atoms with E-state index in [0.29, 0.717) is 17.6 Å². The van der Waals surface area contributed by atoms with Gasteiger partial charge in [-0.2, -0.15) is 0 Å². The number of hydrogen-bond acceptors (Lipinski definition) is 5. The minimum Gasteiger partial charge on any atom is -0.335 e. The van der Waals surface area contributed by atoms with Crippen molar-refractivity contribution in [2.45, 2.75) is 59.3 Å². The van der Waals surface area contributed by atoms with Gasteiger partial charge in [0.2, 0.25) is 0 Å². The molecular formula is C32H37N7O. The maximum absolute atomic E-state index is 13.3. The molecule has 0 saturated carbocycles. The second-order valence-corrected chi connectivity index (χ2v) is 10.8. The molecule has 8 heteroatoms. The Hall–Kier alpha value is -4.30. The highest BCUT2D eigenvalue weighted by Crippen LogP contribution is 2.24. The number of benzene rings is 3. The van der Waals surface area contributed by atoms with E-state index in [0.717, 1.165) is 40.2 Å². The smallest absolute Gasteiger partial charge is 0.254 e. The molecule has 1 atom stereocenters. The number of hydrogen-bond donors (Lipinski definition) is 0. The molecule has 0 aliphatic rings. The van der Waals surface area contributed by atoms with Crippen LogP contribution in [0.5, 0.6) is 0 Å². The summed E-state index contributed by atoms with van der Waals surface area (Å²) >= 11 is 0. The van der Waals surface area contributed by atoms with Crippen molar-refractivity contribution >= 4 is 16.9 Å². The maximum Gasteiger partial charge on any atom is 0.254 e. The minimum atomic E-state index is -0.0940. The van der Waals surface area contributed by atoms with Crippen molar-refractivity contribution in [3.8, 4) is 11.4 Å². The number of fused-ring (bicyclic) bond motifs is 1. The first kappa shape index (κ1) is 27.3. The first-order valence-corrected chi connectivity index (χ1v) is 13.8. The van der Waals surface area contributed by atoms with Crippen LogP contribution in [0.3, 0.4) is 0 Å². The van der Waals surface area contributed by atoms with Crippen molar-refractivity contribution in [1.82, 2.24) is 34.3 Å². The SMILES string of the molecule is CC(c1ccc(-n2cnc3ccccc32)cc1)N(C)C(=O)c1ccc(-n2cc(CN(C(C)C)C(C)C)nn2)cc1. The van der Waals surface area contributed by atoms with Gasteiger partial charge < -0.3 is 4.90 Å². The second kappa shape index (κ2) is 11.4. The normalized spacial score (nSPS) is 12.5. The molecule has 0 radical (unpaired) electrons. The van der Waals surface area contributed by atoms with E-state index in [2.05, 4.69) is 82.8 Å². The quantitative estimate of drug-likeness (QED) is 0.229. The van der Waals surface area contributed by atoms with Crippen molar-refractivity contribution < 1.29 is 4.79 Å². The highest BCUT2D eigenvalue weighted by molar-refractivity contribution is 5.94. The third kappa shape index (κ3) is 5.53. The molecule has 0 fully saturated rings. The zero-order valence-corrected chi connectivity index (χ0v) is 24.1. The number of aromatic nitrogens is 5. The molecule has 2 heterocycles. The van der Waals surface area contributed by atoms with E-state index in [1.54, 1.807) is 9.58 Å². The van der Waals surface area contributed by atoms with Crippen LogP contribution in [0.25, 0.3) is 22.4 Å². The molecule has 0 aliphatic carbocycles. The lowest BCUT2D eigenvalue weighted by Gasteiger charge is -2.29. The predicted octanol–water partition coefficient (Wildman–Crippen LogP) is 6.06. The summed E-state index contributed by atoms with van der Waals surface area (Å²) < 4.78 is 3.84. The number of imidazole rings is 1. The second-order valence-electron chi connectivity index (χ2n) is 10.8. The van der Waals surface area contributed by atoms with Crippen LogP contribution in [-0.4, -0.2) is 59.4 Å². The van der Waals surface area contributed by atoms with E-state index in [-0.39, 0.29) is 11.9 Å². The molecule has 206 valence electrons. The fourth-order valence-electron chi connectivity index (χ4n) is 5.08. The molecule has 0 aliphatic heterocycles. The summed E-state index contributed by atoms with van der Waals surface area (Å²) in [4.78, 5) is 22.0. The Bertz CT molecular complexity index is 1570. The van der Waals surface area contributed by atoms with Crippen LogP contribution in [0.2, 0.25) is 0 Å². The van der Waals surface area contributed by atoms with Crippen LogP contribution in [0.1, 0.15) is 62.3 Å². The monoisotopic (exact) mass is 535 g/mol. The van der Waals surface area contributed by atoms with Crippen molar-refractivity contribution in [3.63, 3.8) is 0 Å². The predicted molar refractivity (Wildman–Crippen MR) is 159 cm³/mol. The Balaban J connectivity index is 1.25. The number of rotatable bonds is 9. The molecule has 0 bridgehead atoms. The number of amides is 1. The Morgan fingerprint density at radius 2 is 1.50 bits per heavy atom. The van der Waals surface area contributed by atoms with Gasteiger partial charge in [0.25, 0.3) is 5.91 Å². The van der Waals surface area contributed by atoms with Gasteiger partial charge in [-0.25, -0.2) is 9.67 Å². The lowest BCUT2D eigenvalue weighted by Crippen LogP contribution is -2.36. The average Bonchev–Trinajstić information content (AvgIpc) is 3.62. The zero-order valence-electron chi connectivity index (χ0n) is 24.1. The number of carbonyl (C=O) groups is 1. The van der Waals surface area contributed by atoms with Gasteiger partial charge in [0.15, 0.2) is 0 Å². The molecule has 8 nitrogen and oxygen atoms in total. The largest absolute Gasteiger partial charge is 0.335 e. The summed E-state index contributed by atoms with van der Waals surface area (Å²) in [6.45, 7) is 11.6. The van der Waals surface area contributed by atoms with Crippen LogP contribution < -0.4 is 0 Å². The average molecular weight is 536 g/mol. The Labute approximate surface area is 235 Å². The molecule has 0 saturated heterocycles. The van der Waals surface area contributed by atoms with Crippen LogP contribution in [0.4, 0.5) is 0 Å². The molecular weight excluding hydrogens is 498 g/mol. The number of carbonyl (C=O) groups excluding carboxylic acids is 1. The Morgan fingerprint density at radius 1 is 0.850 bits per heavy atom. The maximum atomic E-state index is 13.3. The van der Waals surface area contributed by atoms with Crippen LogP contribution in [0, 0.1) is 0 Å². The standard InChI is InChI=1S/C32H37N7O/c1-22(2)37(23(3)4)19-27-20-39(35-34-27)29-17-13-26(14-18-29)32(40)36(6)24(5)25-11-15-28(16-12-25)38-21-33-30-9-7-8-10-31(30)38/h7-18,20-24H,19H2,1-6H3. The van der Waals surface area contributed by atoms with Gasteiger partial charge >= 0.3 is 0 Å². The van der Waals surface area contributed by atoms with Crippen LogP contribution in [-0.2, 0) is 6.54 Å². The Kier molecular flexibility index (Phi) is 7.80. The highest BCUT2D eigenvalue weighted by atomic mass is 16.2. The topological polar surface area (TPSA) is 72.1 Å². The van der Waals surface area contributed by atoms with E-state index < -0.39 is 0 Å². The lowest BCUT2D eigenvalue weighted by atomic mass is 10.1. The van der Waals surface area contributed by atoms with Crippen molar-refractivity contribution in [1.29, 1.82) is 0 Å². The van der Waals surface area contributed by atoms with E-state index in [1.165, 1.54) is 0 Å². The van der Waals surface area contributed by atoms with E-state index in [1.807, 2.05) is 69.0 Å². The summed E-state index contributed by atoms with van der Waals surface area (Å²) in [5, 5.41) is 8.69. The summed E-state index contributed by atoms with van der Waals surface area (Å²) in [6, 6.07) is 24.6. The fraction of sp³-hybridized carbons (Fsp3) is 0.312. The first-order chi connectivity index (χ1) is 19.2. The van der Waals surface area contributed by atoms with E-state index >= 15 is 0 Å². The summed E-state index contributed by atoms with van der Waals surface area (Å²) in [5.41, 5.74) is 6.54. The van der Waals surface area contributed by atoms with Gasteiger partial charge in [0.1, 0.15) is 6.33 Å². The molecule has 5 aromatic rings. The van der Waals surface area contributed by atoms with E-state index in [9.17, 15) is 4.79 Å². The molecule has 2 aromatic heterocycles. The summed E-state index contributed by atoms with van der Waals surface area (Å²) in [6.07, 6.45) is 3.80. The van der Waals surface area contributed by atoms with Crippen LogP contribution >= 0.6 is 0 Å². The van der Waals surface area contributed by atoms with Gasteiger partial charge in [-0.3, -0.25) is 14.3 Å². The molecule has 5 rings (SSSR count). The van der Waals surface area contributed by atoms with E-state index in [4.69, 9.17) is 0 Å². The third-order valence-electron chi connectivity index (χ3n) is 7.60. The molecule has 3 aromatic carbocycles.